The van der Waals surface area contributed by atoms with Crippen LogP contribution < -0.4 is 10.3 Å². The zero-order valence-electron chi connectivity index (χ0n) is 11.4. The number of hydrogen-bond acceptors (Lipinski definition) is 8. The standard InChI is InChI=1S/C13H10N4O3S2/c1-20-9-4-2-8(3-5-9)10(18)7-21-13-16-17-11(19)6-14-15-12(17)22-13/h2-6H,7H2,1H3. The normalized spacial score (nSPS) is 10.8. The van der Waals surface area contributed by atoms with E-state index < -0.39 is 0 Å². The van der Waals surface area contributed by atoms with Crippen molar-refractivity contribution in [2.75, 3.05) is 12.9 Å². The fourth-order valence-electron chi connectivity index (χ4n) is 1.70. The van der Waals surface area contributed by atoms with Gasteiger partial charge >= 0.3 is 0 Å². The van der Waals surface area contributed by atoms with Gasteiger partial charge in [-0.2, -0.15) is 9.61 Å². The van der Waals surface area contributed by atoms with E-state index in [1.165, 1.54) is 27.6 Å². The van der Waals surface area contributed by atoms with Crippen LogP contribution in [0.3, 0.4) is 0 Å². The van der Waals surface area contributed by atoms with Crippen molar-refractivity contribution in [1.82, 2.24) is 19.8 Å². The summed E-state index contributed by atoms with van der Waals surface area (Å²) in [4.78, 5) is 24.1. The second-order valence-electron chi connectivity index (χ2n) is 4.19. The van der Waals surface area contributed by atoms with Gasteiger partial charge in [-0.25, -0.2) is 0 Å². The van der Waals surface area contributed by atoms with Crippen molar-refractivity contribution in [2.45, 2.75) is 4.34 Å². The summed E-state index contributed by atoms with van der Waals surface area (Å²) in [6.07, 6.45) is 1.10. The number of ketones is 1. The van der Waals surface area contributed by atoms with Crippen LogP contribution in [-0.2, 0) is 0 Å². The second-order valence-corrected chi connectivity index (χ2v) is 6.36. The number of methoxy groups -OCH3 is 1. The molecule has 0 fully saturated rings. The van der Waals surface area contributed by atoms with Gasteiger partial charge in [-0.3, -0.25) is 9.59 Å². The molecule has 112 valence electrons. The fourth-order valence-corrected chi connectivity index (χ4v) is 3.48. The summed E-state index contributed by atoms with van der Waals surface area (Å²) in [5.41, 5.74) is 0.265. The Morgan fingerprint density at radius 3 is 2.82 bits per heavy atom. The van der Waals surface area contributed by atoms with Crippen molar-refractivity contribution in [1.29, 1.82) is 0 Å². The number of aromatic nitrogens is 4. The Hall–Kier alpha value is -2.26. The van der Waals surface area contributed by atoms with E-state index in [2.05, 4.69) is 15.3 Å². The molecule has 0 saturated heterocycles. The van der Waals surface area contributed by atoms with Crippen molar-refractivity contribution in [2.24, 2.45) is 0 Å². The summed E-state index contributed by atoms with van der Waals surface area (Å²) in [7, 11) is 1.57. The molecule has 1 aromatic carbocycles. The van der Waals surface area contributed by atoms with E-state index in [9.17, 15) is 9.59 Å². The first-order valence-corrected chi connectivity index (χ1v) is 7.99. The molecule has 0 aliphatic carbocycles. The highest BCUT2D eigenvalue weighted by molar-refractivity contribution is 8.01. The first kappa shape index (κ1) is 14.7. The molecule has 0 amide bonds. The molecule has 0 aliphatic heterocycles. The minimum absolute atomic E-state index is 0.0228. The van der Waals surface area contributed by atoms with Gasteiger partial charge in [0.1, 0.15) is 11.9 Å². The molecular weight excluding hydrogens is 324 g/mol. The number of nitrogens with zero attached hydrogens (tertiary/aromatic N) is 4. The van der Waals surface area contributed by atoms with Crippen LogP contribution in [0.15, 0.2) is 39.6 Å². The third kappa shape index (κ3) is 3.00. The van der Waals surface area contributed by atoms with E-state index in [0.29, 0.717) is 20.6 Å². The van der Waals surface area contributed by atoms with E-state index in [1.54, 1.807) is 31.4 Å². The lowest BCUT2D eigenvalue weighted by molar-refractivity contribution is 0.102. The van der Waals surface area contributed by atoms with Crippen LogP contribution in [0.2, 0.25) is 0 Å². The highest BCUT2D eigenvalue weighted by atomic mass is 32.2. The van der Waals surface area contributed by atoms with E-state index in [4.69, 9.17) is 4.74 Å². The fraction of sp³-hybridized carbons (Fsp3) is 0.154. The average Bonchev–Trinajstić information content (AvgIpc) is 2.97. The third-order valence-corrected chi connectivity index (χ3v) is 4.83. The maximum atomic E-state index is 12.1. The summed E-state index contributed by atoms with van der Waals surface area (Å²) in [6.45, 7) is 0. The molecule has 3 rings (SSSR count). The van der Waals surface area contributed by atoms with Gasteiger partial charge in [-0.05, 0) is 24.3 Å². The minimum Gasteiger partial charge on any atom is -0.497 e. The molecule has 0 saturated carbocycles. The van der Waals surface area contributed by atoms with Crippen LogP contribution in [0.25, 0.3) is 4.96 Å². The van der Waals surface area contributed by atoms with E-state index in [0.717, 1.165) is 6.20 Å². The Morgan fingerprint density at radius 1 is 1.36 bits per heavy atom. The van der Waals surface area contributed by atoms with Crippen molar-refractivity contribution < 1.29 is 9.53 Å². The predicted molar refractivity (Wildman–Crippen MR) is 83.0 cm³/mol. The van der Waals surface area contributed by atoms with Crippen molar-refractivity contribution in [3.63, 3.8) is 0 Å². The van der Waals surface area contributed by atoms with Gasteiger partial charge in [0, 0.05) is 5.56 Å². The van der Waals surface area contributed by atoms with E-state index in [1.807, 2.05) is 0 Å². The van der Waals surface area contributed by atoms with Crippen LogP contribution in [0.4, 0.5) is 0 Å². The molecule has 0 N–H and O–H groups in total. The molecule has 3 aromatic rings. The highest BCUT2D eigenvalue weighted by Gasteiger charge is 2.11. The second kappa shape index (κ2) is 6.24. The topological polar surface area (TPSA) is 86.5 Å². The Bertz CT molecular complexity index is 873. The monoisotopic (exact) mass is 334 g/mol. The summed E-state index contributed by atoms with van der Waals surface area (Å²) >= 11 is 2.49. The number of Topliss-reactive ketones (excluding diaryl/α,β-unsaturated/α-hetero) is 1. The lowest BCUT2D eigenvalue weighted by Gasteiger charge is -2.01. The van der Waals surface area contributed by atoms with Crippen LogP contribution in [0.1, 0.15) is 10.4 Å². The summed E-state index contributed by atoms with van der Waals surface area (Å²) in [6, 6.07) is 6.92. The minimum atomic E-state index is -0.338. The SMILES string of the molecule is COc1ccc(C(=O)CSc2nn3c(=O)cnnc3s2)cc1. The number of ether oxygens (including phenoxy) is 1. The summed E-state index contributed by atoms with van der Waals surface area (Å²) in [5.74, 6) is 0.910. The zero-order valence-corrected chi connectivity index (χ0v) is 13.1. The third-order valence-electron chi connectivity index (χ3n) is 2.80. The first-order chi connectivity index (χ1) is 10.7. The largest absolute Gasteiger partial charge is 0.497 e. The number of thioether (sulfide) groups is 1. The molecule has 0 aliphatic rings. The average molecular weight is 334 g/mol. The maximum Gasteiger partial charge on any atom is 0.293 e. The quantitative estimate of drug-likeness (QED) is 0.516. The molecule has 0 unspecified atom stereocenters. The van der Waals surface area contributed by atoms with Gasteiger partial charge in [0.25, 0.3) is 5.56 Å². The number of hydrogen-bond donors (Lipinski definition) is 0. The maximum absolute atomic E-state index is 12.1. The number of rotatable bonds is 5. The van der Waals surface area contributed by atoms with E-state index >= 15 is 0 Å². The van der Waals surface area contributed by atoms with Crippen LogP contribution in [-0.4, -0.2) is 38.5 Å². The molecular formula is C13H10N4O3S2. The molecule has 0 radical (unpaired) electrons. The summed E-state index contributed by atoms with van der Waals surface area (Å²) in [5, 5.41) is 11.5. The Morgan fingerprint density at radius 2 is 2.14 bits per heavy atom. The van der Waals surface area contributed by atoms with Crippen molar-refractivity contribution >= 4 is 33.8 Å². The van der Waals surface area contributed by atoms with Crippen LogP contribution in [0, 0.1) is 0 Å². The Balaban J connectivity index is 1.71. The van der Waals surface area contributed by atoms with Crippen molar-refractivity contribution in [3.8, 4) is 5.75 Å². The lowest BCUT2D eigenvalue weighted by atomic mass is 10.1. The Labute approximate surface area is 133 Å². The predicted octanol–water partition coefficient (Wildman–Crippen LogP) is 1.53. The van der Waals surface area contributed by atoms with Crippen LogP contribution in [0.5, 0.6) is 5.75 Å². The molecule has 0 spiro atoms. The van der Waals surface area contributed by atoms with Crippen molar-refractivity contribution in [3.05, 3.63) is 46.4 Å². The first-order valence-electron chi connectivity index (χ1n) is 6.19. The van der Waals surface area contributed by atoms with Gasteiger partial charge in [-0.1, -0.05) is 23.1 Å². The summed E-state index contributed by atoms with van der Waals surface area (Å²) < 4.78 is 6.83. The van der Waals surface area contributed by atoms with E-state index in [-0.39, 0.29) is 17.1 Å². The molecule has 0 bridgehead atoms. The van der Waals surface area contributed by atoms with Gasteiger partial charge < -0.3 is 4.74 Å². The molecule has 9 heteroatoms. The number of carbonyl (C=O) groups excluding carboxylic acids is 1. The van der Waals surface area contributed by atoms with Gasteiger partial charge in [0.05, 0.1) is 12.9 Å². The zero-order chi connectivity index (χ0) is 15.5. The van der Waals surface area contributed by atoms with Gasteiger partial charge in [0.2, 0.25) is 4.96 Å². The Kier molecular flexibility index (Phi) is 4.16. The number of carbonyl (C=O) groups is 1. The van der Waals surface area contributed by atoms with Gasteiger partial charge in [0.15, 0.2) is 10.1 Å². The molecule has 2 aromatic heterocycles. The molecule has 22 heavy (non-hydrogen) atoms. The van der Waals surface area contributed by atoms with Gasteiger partial charge in [-0.15, -0.1) is 10.2 Å². The van der Waals surface area contributed by atoms with Crippen LogP contribution >= 0.6 is 23.1 Å². The molecule has 2 heterocycles. The lowest BCUT2D eigenvalue weighted by Crippen LogP contribution is -2.14. The highest BCUT2D eigenvalue weighted by Crippen LogP contribution is 2.24. The molecule has 0 atom stereocenters. The smallest absolute Gasteiger partial charge is 0.293 e. The number of benzene rings is 1. The number of fused-ring (bicyclic) bond motifs is 1. The molecule has 7 nitrogen and oxygen atoms in total.